The fraction of sp³-hybridized carbons (Fsp3) is 0.100. The molecule has 3 aromatic carbocycles. The highest BCUT2D eigenvalue weighted by Gasteiger charge is 2.30. The minimum Gasteiger partial charge on any atom is -0.383 e. The zero-order valence-corrected chi connectivity index (χ0v) is 19.0. The Morgan fingerprint density at radius 2 is 0.903 bits per heavy atom. The van der Waals surface area contributed by atoms with Crippen LogP contribution in [0.1, 0.15) is 0 Å². The van der Waals surface area contributed by atoms with Crippen LogP contribution in [-0.2, 0) is 24.8 Å². The minimum absolute atomic E-state index is 0.0498. The lowest BCUT2D eigenvalue weighted by molar-refractivity contribution is 0.491. The van der Waals surface area contributed by atoms with Crippen molar-refractivity contribution < 1.29 is 34.2 Å². The van der Waals surface area contributed by atoms with Crippen molar-refractivity contribution in [1.82, 2.24) is 0 Å². The van der Waals surface area contributed by atoms with Gasteiger partial charge in [0.1, 0.15) is 17.3 Å². The lowest BCUT2D eigenvalue weighted by Gasteiger charge is -2.20. The Balaban J connectivity index is 2.10. The van der Waals surface area contributed by atoms with Gasteiger partial charge in [0.2, 0.25) is 0 Å². The Hall–Kier alpha value is -2.68. The molecule has 0 radical (unpaired) electrons. The summed E-state index contributed by atoms with van der Waals surface area (Å²) in [5.74, 6) is -0.397. The van der Waals surface area contributed by atoms with Gasteiger partial charge in [-0.2, -0.15) is 16.8 Å². The lowest BCUT2D eigenvalue weighted by atomic mass is 10.3. The van der Waals surface area contributed by atoms with E-state index in [0.29, 0.717) is 15.9 Å². The van der Waals surface area contributed by atoms with E-state index in [0.717, 1.165) is 12.5 Å². The molecule has 0 amide bonds. The molecule has 0 saturated heterocycles. The summed E-state index contributed by atoms with van der Waals surface area (Å²) >= 11 is 0. The second-order valence-electron chi connectivity index (χ2n) is 6.65. The van der Waals surface area contributed by atoms with Gasteiger partial charge >= 0.3 is 20.2 Å². The number of halogens is 1. The molecule has 0 heterocycles. The van der Waals surface area contributed by atoms with E-state index in [9.17, 15) is 25.8 Å². The Bertz CT molecular complexity index is 1250. The van der Waals surface area contributed by atoms with Crippen LogP contribution < -0.4 is 24.3 Å². The first-order chi connectivity index (χ1) is 14.4. The molecule has 3 aromatic rings. The third kappa shape index (κ3) is 5.72. The molecule has 0 atom stereocenters. The summed E-state index contributed by atoms with van der Waals surface area (Å²) < 4.78 is 82.7. The number of hydrogen-bond acceptors (Lipinski definition) is 7. The van der Waals surface area contributed by atoms with Crippen molar-refractivity contribution in [3.63, 3.8) is 0 Å². The van der Waals surface area contributed by atoms with E-state index in [1.807, 2.05) is 0 Å². The molecule has 0 unspecified atom stereocenters. The van der Waals surface area contributed by atoms with Crippen molar-refractivity contribution in [3.05, 3.63) is 78.6 Å². The van der Waals surface area contributed by atoms with E-state index in [2.05, 4.69) is 0 Å². The van der Waals surface area contributed by atoms with Gasteiger partial charge in [0.25, 0.3) is 0 Å². The van der Waals surface area contributed by atoms with Gasteiger partial charge in [-0.1, -0.05) is 0 Å². The first-order valence-corrected chi connectivity index (χ1v) is 14.1. The van der Waals surface area contributed by atoms with Gasteiger partial charge in [-0.15, -0.1) is 0 Å². The van der Waals surface area contributed by atoms with Gasteiger partial charge in [-0.3, -0.25) is 0 Å². The van der Waals surface area contributed by atoms with Gasteiger partial charge in [-0.25, -0.2) is 4.39 Å². The van der Waals surface area contributed by atoms with Gasteiger partial charge in [-0.05, 0) is 72.8 Å². The van der Waals surface area contributed by atoms with Crippen LogP contribution in [-0.4, -0.2) is 29.3 Å². The first kappa shape index (κ1) is 23.0. The lowest BCUT2D eigenvalue weighted by Crippen LogP contribution is -2.25. The van der Waals surface area contributed by atoms with Crippen LogP contribution in [0.3, 0.4) is 0 Å². The van der Waals surface area contributed by atoms with Gasteiger partial charge in [0, 0.05) is 15.9 Å². The van der Waals surface area contributed by atoms with E-state index in [4.69, 9.17) is 8.37 Å². The molecule has 0 spiro atoms. The summed E-state index contributed by atoms with van der Waals surface area (Å²) in [6, 6.07) is 16.5. The summed E-state index contributed by atoms with van der Waals surface area (Å²) in [4.78, 5) is 0. The van der Waals surface area contributed by atoms with E-state index in [-0.39, 0.29) is 11.5 Å². The van der Waals surface area contributed by atoms with Crippen molar-refractivity contribution in [2.45, 2.75) is 0 Å². The number of hydrogen-bond donors (Lipinski definition) is 0. The van der Waals surface area contributed by atoms with Crippen molar-refractivity contribution in [1.29, 1.82) is 0 Å². The summed E-state index contributed by atoms with van der Waals surface area (Å²) in [5, 5.41) is 1.02. The maximum absolute atomic E-state index is 14.3. The molecule has 0 fully saturated rings. The number of rotatable bonds is 7. The molecule has 0 saturated carbocycles. The summed E-state index contributed by atoms with van der Waals surface area (Å²) in [6.45, 7) is 0. The zero-order chi connectivity index (χ0) is 22.9. The molecule has 7 nitrogen and oxygen atoms in total. The Morgan fingerprint density at radius 3 is 1.19 bits per heavy atom. The molecule has 0 bridgehead atoms. The van der Waals surface area contributed by atoms with Crippen molar-refractivity contribution >= 4 is 43.3 Å². The predicted octanol–water partition coefficient (Wildman–Crippen LogP) is 2.14. The molecule has 11 heteroatoms. The van der Waals surface area contributed by atoms with Crippen LogP contribution in [0, 0.1) is 5.82 Å². The molecule has 164 valence electrons. The average molecular weight is 484 g/mol. The highest BCUT2D eigenvalue weighted by Crippen LogP contribution is 2.43. The Labute approximate surface area is 180 Å². The minimum atomic E-state index is -3.73. The molecular weight excluding hydrogens is 466 g/mol. The summed E-state index contributed by atoms with van der Waals surface area (Å²) in [5.41, 5.74) is 0. The predicted molar refractivity (Wildman–Crippen MR) is 117 cm³/mol. The fourth-order valence-electron chi connectivity index (χ4n) is 2.87. The van der Waals surface area contributed by atoms with Gasteiger partial charge in [0.05, 0.1) is 12.5 Å². The van der Waals surface area contributed by atoms with E-state index in [1.165, 1.54) is 72.8 Å². The first-order valence-electron chi connectivity index (χ1n) is 8.73. The van der Waals surface area contributed by atoms with Gasteiger partial charge in [0.15, 0.2) is 7.14 Å². The standard InChI is InChI=1S/C20H18FO7PS2/c1-30(23,24)27-16-5-11-19(12-6-16)29(22,18-9-3-15(21)4-10-18)20-13-7-17(8-14-20)28-31(2,25)26/h3-14H,1-2H3. The maximum atomic E-state index is 14.3. The van der Waals surface area contributed by atoms with E-state index >= 15 is 0 Å². The third-order valence-electron chi connectivity index (χ3n) is 4.09. The van der Waals surface area contributed by atoms with Crippen LogP contribution in [0.5, 0.6) is 11.5 Å². The highest BCUT2D eigenvalue weighted by atomic mass is 32.2. The van der Waals surface area contributed by atoms with Crippen LogP contribution >= 0.6 is 7.14 Å². The molecule has 0 N–H and O–H groups in total. The van der Waals surface area contributed by atoms with Crippen molar-refractivity contribution in [2.24, 2.45) is 0 Å². The Kier molecular flexibility index (Phi) is 6.27. The van der Waals surface area contributed by atoms with Crippen LogP contribution in [0.4, 0.5) is 4.39 Å². The molecule has 0 aromatic heterocycles. The summed E-state index contributed by atoms with van der Waals surface area (Å²) in [6.07, 6.45) is 1.81. The fourth-order valence-corrected chi connectivity index (χ4v) is 6.39. The molecular formula is C20H18FO7PS2. The maximum Gasteiger partial charge on any atom is 0.306 e. The molecule has 0 aliphatic heterocycles. The SMILES string of the molecule is CS(=O)(=O)Oc1ccc(P(=O)(c2ccc(F)cc2)c2ccc(OS(C)(=O)=O)cc2)cc1. The Morgan fingerprint density at radius 1 is 0.613 bits per heavy atom. The normalized spacial score (nSPS) is 12.4. The van der Waals surface area contributed by atoms with E-state index in [1.54, 1.807) is 0 Å². The van der Waals surface area contributed by atoms with E-state index < -0.39 is 33.2 Å². The van der Waals surface area contributed by atoms with Crippen molar-refractivity contribution in [3.8, 4) is 11.5 Å². The molecule has 0 aliphatic rings. The second kappa shape index (κ2) is 8.45. The van der Waals surface area contributed by atoms with Crippen LogP contribution in [0.25, 0.3) is 0 Å². The molecule has 0 aliphatic carbocycles. The quantitative estimate of drug-likeness (QED) is 0.374. The smallest absolute Gasteiger partial charge is 0.306 e. The zero-order valence-electron chi connectivity index (χ0n) is 16.4. The number of benzene rings is 3. The third-order valence-corrected chi connectivity index (χ3v) is 8.15. The van der Waals surface area contributed by atoms with Gasteiger partial charge < -0.3 is 12.9 Å². The topological polar surface area (TPSA) is 104 Å². The average Bonchev–Trinajstić information content (AvgIpc) is 2.66. The summed E-state index contributed by atoms with van der Waals surface area (Å²) in [7, 11) is -11.0. The molecule has 3 rings (SSSR count). The monoisotopic (exact) mass is 484 g/mol. The highest BCUT2D eigenvalue weighted by molar-refractivity contribution is 7.86. The largest absolute Gasteiger partial charge is 0.383 e. The van der Waals surface area contributed by atoms with Crippen LogP contribution in [0.2, 0.25) is 0 Å². The van der Waals surface area contributed by atoms with Crippen molar-refractivity contribution in [2.75, 3.05) is 12.5 Å². The molecule has 31 heavy (non-hydrogen) atoms. The van der Waals surface area contributed by atoms with Crippen LogP contribution in [0.15, 0.2) is 72.8 Å². The second-order valence-corrected chi connectivity index (χ2v) is 12.6.